The summed E-state index contributed by atoms with van der Waals surface area (Å²) in [5.74, 6) is -1.99. The highest BCUT2D eigenvalue weighted by Crippen LogP contribution is 2.25. The van der Waals surface area contributed by atoms with Gasteiger partial charge >= 0.3 is 11.9 Å². The molecule has 4 N–H and O–H groups in total. The van der Waals surface area contributed by atoms with E-state index < -0.39 is 24.6 Å². The van der Waals surface area contributed by atoms with E-state index in [9.17, 15) is 30.0 Å². The predicted molar refractivity (Wildman–Crippen MR) is 104 cm³/mol. The van der Waals surface area contributed by atoms with Crippen LogP contribution >= 0.6 is 0 Å². The molecule has 0 spiro atoms. The second kappa shape index (κ2) is 10.5. The third kappa shape index (κ3) is 7.39. The van der Waals surface area contributed by atoms with Crippen LogP contribution in [-0.4, -0.2) is 51.7 Å². The molecule has 2 aromatic rings. The van der Waals surface area contributed by atoms with Crippen molar-refractivity contribution in [3.63, 3.8) is 0 Å². The zero-order valence-electron chi connectivity index (χ0n) is 15.3. The summed E-state index contributed by atoms with van der Waals surface area (Å²) in [5.41, 5.74) is 1.12. The van der Waals surface area contributed by atoms with Crippen molar-refractivity contribution in [1.29, 1.82) is 0 Å². The van der Waals surface area contributed by atoms with Gasteiger partial charge in [0.1, 0.15) is 12.4 Å². The van der Waals surface area contributed by atoms with Crippen LogP contribution in [0.25, 0.3) is 12.2 Å². The van der Waals surface area contributed by atoms with E-state index in [0.717, 1.165) is 6.08 Å². The molecule has 0 aliphatic heterocycles. The molecule has 0 aliphatic rings. The fourth-order valence-corrected chi connectivity index (χ4v) is 2.11. The summed E-state index contributed by atoms with van der Waals surface area (Å²) >= 11 is 0. The maximum absolute atomic E-state index is 11.8. The van der Waals surface area contributed by atoms with E-state index in [-0.39, 0.29) is 23.9 Å². The molecule has 0 heterocycles. The molecular formula is C21H20O8. The van der Waals surface area contributed by atoms with Gasteiger partial charge < -0.3 is 29.9 Å². The third-order valence-corrected chi connectivity index (χ3v) is 3.61. The quantitative estimate of drug-likeness (QED) is 0.300. The Kier molecular flexibility index (Phi) is 7.81. The molecule has 0 aromatic heterocycles. The van der Waals surface area contributed by atoms with Crippen LogP contribution in [-0.2, 0) is 19.1 Å². The topological polar surface area (TPSA) is 134 Å². The summed E-state index contributed by atoms with van der Waals surface area (Å²) in [6, 6.07) is 10.2. The van der Waals surface area contributed by atoms with Gasteiger partial charge in [-0.2, -0.15) is 0 Å². The number of phenolic OH excluding ortho intramolecular Hbond substituents is 3. The fraction of sp³-hybridized carbons (Fsp3) is 0.143. The lowest BCUT2D eigenvalue weighted by Gasteiger charge is -2.13. The number of ether oxygens (including phenoxy) is 2. The first kappa shape index (κ1) is 21.5. The van der Waals surface area contributed by atoms with Crippen LogP contribution < -0.4 is 0 Å². The van der Waals surface area contributed by atoms with Gasteiger partial charge in [0, 0.05) is 12.2 Å². The second-order valence-corrected chi connectivity index (χ2v) is 5.88. The molecule has 2 rings (SSSR count). The standard InChI is InChI=1S/C21H20O8/c22-12-17(13-28-20(26)9-4-14-1-6-16(23)7-2-14)29-21(27)10-5-15-3-8-18(24)19(25)11-15/h1-11,17,22-25H,12-13H2/b9-4+,10-5+. The summed E-state index contributed by atoms with van der Waals surface area (Å²) in [5, 5.41) is 37.1. The van der Waals surface area contributed by atoms with Gasteiger partial charge in [0.2, 0.25) is 0 Å². The minimum absolute atomic E-state index is 0.105. The summed E-state index contributed by atoms with van der Waals surface area (Å²) < 4.78 is 9.92. The molecule has 1 unspecified atom stereocenters. The number of hydrogen-bond acceptors (Lipinski definition) is 8. The maximum Gasteiger partial charge on any atom is 0.331 e. The largest absolute Gasteiger partial charge is 0.508 e. The van der Waals surface area contributed by atoms with Crippen molar-refractivity contribution in [3.8, 4) is 17.2 Å². The Labute approximate surface area is 166 Å². The number of rotatable bonds is 8. The summed E-state index contributed by atoms with van der Waals surface area (Å²) in [6.07, 6.45) is 4.02. The molecule has 8 nitrogen and oxygen atoms in total. The lowest BCUT2D eigenvalue weighted by molar-refractivity contribution is -0.154. The Hall–Kier alpha value is -3.78. The van der Waals surface area contributed by atoms with Crippen molar-refractivity contribution in [2.24, 2.45) is 0 Å². The molecule has 0 aliphatic carbocycles. The van der Waals surface area contributed by atoms with Gasteiger partial charge in [-0.15, -0.1) is 0 Å². The van der Waals surface area contributed by atoms with Crippen LogP contribution in [0.3, 0.4) is 0 Å². The van der Waals surface area contributed by atoms with E-state index in [1.807, 2.05) is 0 Å². The Bertz CT molecular complexity index is 899. The van der Waals surface area contributed by atoms with E-state index in [0.29, 0.717) is 11.1 Å². The molecule has 0 saturated heterocycles. The van der Waals surface area contributed by atoms with Crippen LogP contribution in [0.5, 0.6) is 17.2 Å². The number of carbonyl (C=O) groups excluding carboxylic acids is 2. The van der Waals surface area contributed by atoms with E-state index in [4.69, 9.17) is 9.47 Å². The highest BCUT2D eigenvalue weighted by molar-refractivity contribution is 5.88. The average Bonchev–Trinajstić information content (AvgIpc) is 2.71. The van der Waals surface area contributed by atoms with Crippen LogP contribution in [0.4, 0.5) is 0 Å². The van der Waals surface area contributed by atoms with Crippen LogP contribution in [0, 0.1) is 0 Å². The van der Waals surface area contributed by atoms with Crippen molar-refractivity contribution in [1.82, 2.24) is 0 Å². The Morgan fingerprint density at radius 1 is 0.862 bits per heavy atom. The molecular weight excluding hydrogens is 380 g/mol. The second-order valence-electron chi connectivity index (χ2n) is 5.88. The van der Waals surface area contributed by atoms with Gasteiger partial charge in [-0.25, -0.2) is 9.59 Å². The van der Waals surface area contributed by atoms with Gasteiger partial charge in [0.25, 0.3) is 0 Å². The number of phenols is 3. The summed E-state index contributed by atoms with van der Waals surface area (Å²) in [7, 11) is 0. The van der Waals surface area contributed by atoms with E-state index in [2.05, 4.69) is 0 Å². The molecule has 8 heteroatoms. The Balaban J connectivity index is 1.81. The van der Waals surface area contributed by atoms with E-state index >= 15 is 0 Å². The number of hydrogen-bond donors (Lipinski definition) is 4. The predicted octanol–water partition coefficient (Wildman–Crippen LogP) is 1.98. The monoisotopic (exact) mass is 400 g/mol. The Morgan fingerprint density at radius 3 is 2.14 bits per heavy atom. The molecule has 0 amide bonds. The van der Waals surface area contributed by atoms with E-state index in [1.165, 1.54) is 48.6 Å². The molecule has 0 saturated carbocycles. The molecule has 152 valence electrons. The minimum Gasteiger partial charge on any atom is -0.508 e. The van der Waals surface area contributed by atoms with Crippen molar-refractivity contribution >= 4 is 24.1 Å². The van der Waals surface area contributed by atoms with Gasteiger partial charge in [0.15, 0.2) is 17.6 Å². The SMILES string of the molecule is O=C(/C=C/c1ccc(O)cc1)OCC(CO)OC(=O)/C=C/c1ccc(O)c(O)c1. The number of aromatic hydroxyl groups is 3. The highest BCUT2D eigenvalue weighted by atomic mass is 16.6. The molecule has 0 radical (unpaired) electrons. The lowest BCUT2D eigenvalue weighted by atomic mass is 10.2. The number of aliphatic hydroxyl groups is 1. The average molecular weight is 400 g/mol. The summed E-state index contributed by atoms with van der Waals surface area (Å²) in [4.78, 5) is 23.5. The maximum atomic E-state index is 11.8. The van der Waals surface area contributed by atoms with E-state index in [1.54, 1.807) is 12.1 Å². The van der Waals surface area contributed by atoms with Crippen molar-refractivity contribution in [3.05, 3.63) is 65.7 Å². The van der Waals surface area contributed by atoms with Gasteiger partial charge in [0.05, 0.1) is 6.61 Å². The lowest BCUT2D eigenvalue weighted by Crippen LogP contribution is -2.27. The van der Waals surface area contributed by atoms with Crippen LogP contribution in [0.2, 0.25) is 0 Å². The first-order valence-corrected chi connectivity index (χ1v) is 8.53. The normalized spacial score (nSPS) is 12.2. The Morgan fingerprint density at radius 2 is 1.48 bits per heavy atom. The number of aliphatic hydroxyl groups excluding tert-OH is 1. The van der Waals surface area contributed by atoms with Gasteiger partial charge in [-0.1, -0.05) is 18.2 Å². The molecule has 29 heavy (non-hydrogen) atoms. The van der Waals surface area contributed by atoms with Gasteiger partial charge in [-0.05, 0) is 47.5 Å². The molecule has 1 atom stereocenters. The van der Waals surface area contributed by atoms with Crippen LogP contribution in [0.15, 0.2) is 54.6 Å². The minimum atomic E-state index is -1.05. The van der Waals surface area contributed by atoms with Crippen molar-refractivity contribution < 1.29 is 39.5 Å². The number of carbonyl (C=O) groups is 2. The first-order valence-electron chi connectivity index (χ1n) is 8.53. The smallest absolute Gasteiger partial charge is 0.331 e. The van der Waals surface area contributed by atoms with Gasteiger partial charge in [-0.3, -0.25) is 0 Å². The third-order valence-electron chi connectivity index (χ3n) is 3.61. The number of benzene rings is 2. The molecule has 0 bridgehead atoms. The number of esters is 2. The zero-order valence-corrected chi connectivity index (χ0v) is 15.3. The fourth-order valence-electron chi connectivity index (χ4n) is 2.11. The van der Waals surface area contributed by atoms with Crippen molar-refractivity contribution in [2.75, 3.05) is 13.2 Å². The molecule has 2 aromatic carbocycles. The van der Waals surface area contributed by atoms with Crippen LogP contribution in [0.1, 0.15) is 11.1 Å². The van der Waals surface area contributed by atoms with Crippen molar-refractivity contribution in [2.45, 2.75) is 6.10 Å². The zero-order chi connectivity index (χ0) is 21.2. The first-order chi connectivity index (χ1) is 13.9. The molecule has 0 fully saturated rings. The summed E-state index contributed by atoms with van der Waals surface area (Å²) in [6.45, 7) is -0.886. The highest BCUT2D eigenvalue weighted by Gasteiger charge is 2.14.